The topological polar surface area (TPSA) is 73.6 Å². The molecule has 0 unspecified atom stereocenters. The van der Waals surface area contributed by atoms with Crippen LogP contribution in [0.15, 0.2) is 36.4 Å². The highest BCUT2D eigenvalue weighted by Crippen LogP contribution is 2.40. The minimum atomic E-state index is -0.461. The van der Waals surface area contributed by atoms with Gasteiger partial charge in [-0.1, -0.05) is 29.8 Å². The number of ether oxygens (including phenoxy) is 2. The van der Waals surface area contributed by atoms with Crippen LogP contribution in [0.5, 0.6) is 11.5 Å². The fourth-order valence-corrected chi connectivity index (χ4v) is 2.26. The molecular formula is C14H11ClN2O4. The summed E-state index contributed by atoms with van der Waals surface area (Å²) in [5.74, 6) is 0.868. The molecule has 1 aliphatic heterocycles. The largest absolute Gasteiger partial charge is 0.454 e. The van der Waals surface area contributed by atoms with Crippen LogP contribution in [0.3, 0.4) is 0 Å². The molecule has 0 amide bonds. The van der Waals surface area contributed by atoms with Crippen LogP contribution in [-0.2, 0) is 6.54 Å². The summed E-state index contributed by atoms with van der Waals surface area (Å²) in [5, 5.41) is 14.8. The molecule has 0 bridgehead atoms. The lowest BCUT2D eigenvalue weighted by atomic mass is 10.2. The molecule has 2 aromatic rings. The standard InChI is InChI=1S/C14H11ClN2O4/c15-10-4-2-1-3-9(10)7-16-11-5-13-14(21-8-20-13)6-12(11)17(18)19/h1-6,16H,7-8H2. The third-order valence-corrected chi connectivity index (χ3v) is 3.48. The second-order valence-electron chi connectivity index (χ2n) is 4.42. The first-order chi connectivity index (χ1) is 10.1. The second-order valence-corrected chi connectivity index (χ2v) is 4.83. The minimum Gasteiger partial charge on any atom is -0.454 e. The highest BCUT2D eigenvalue weighted by molar-refractivity contribution is 6.31. The number of nitrogens with one attached hydrogen (secondary N) is 1. The van der Waals surface area contributed by atoms with Gasteiger partial charge in [0.15, 0.2) is 11.5 Å². The maximum absolute atomic E-state index is 11.1. The average Bonchev–Trinajstić information content (AvgIpc) is 2.92. The fraction of sp³-hybridized carbons (Fsp3) is 0.143. The van der Waals surface area contributed by atoms with Gasteiger partial charge in [0.2, 0.25) is 6.79 Å². The van der Waals surface area contributed by atoms with Crippen molar-refractivity contribution in [3.63, 3.8) is 0 Å². The molecule has 0 aromatic heterocycles. The zero-order chi connectivity index (χ0) is 14.8. The number of nitro groups is 1. The van der Waals surface area contributed by atoms with Gasteiger partial charge in [-0.3, -0.25) is 10.1 Å². The Bertz CT molecular complexity index is 705. The highest BCUT2D eigenvalue weighted by Gasteiger charge is 2.23. The van der Waals surface area contributed by atoms with E-state index >= 15 is 0 Å². The molecule has 0 radical (unpaired) electrons. The Morgan fingerprint density at radius 2 is 1.95 bits per heavy atom. The van der Waals surface area contributed by atoms with Crippen molar-refractivity contribution in [2.24, 2.45) is 0 Å². The fourth-order valence-electron chi connectivity index (χ4n) is 2.06. The van der Waals surface area contributed by atoms with Gasteiger partial charge in [0.25, 0.3) is 5.69 Å². The molecule has 1 heterocycles. The lowest BCUT2D eigenvalue weighted by Crippen LogP contribution is -2.03. The Balaban J connectivity index is 1.88. The van der Waals surface area contributed by atoms with Crippen LogP contribution in [0.1, 0.15) is 5.56 Å². The number of rotatable bonds is 4. The number of halogens is 1. The number of hydrogen-bond donors (Lipinski definition) is 1. The number of nitro benzene ring substituents is 1. The molecule has 0 atom stereocenters. The lowest BCUT2D eigenvalue weighted by Gasteiger charge is -2.09. The summed E-state index contributed by atoms with van der Waals surface area (Å²) >= 11 is 6.07. The summed E-state index contributed by atoms with van der Waals surface area (Å²) in [7, 11) is 0. The summed E-state index contributed by atoms with van der Waals surface area (Å²) in [5.41, 5.74) is 1.15. The first kappa shape index (κ1) is 13.5. The van der Waals surface area contributed by atoms with Crippen LogP contribution in [0.25, 0.3) is 0 Å². The number of anilines is 1. The molecular weight excluding hydrogens is 296 g/mol. The van der Waals surface area contributed by atoms with E-state index < -0.39 is 4.92 Å². The van der Waals surface area contributed by atoms with Gasteiger partial charge in [-0.15, -0.1) is 0 Å². The molecule has 0 fully saturated rings. The van der Waals surface area contributed by atoms with E-state index in [1.165, 1.54) is 6.07 Å². The quantitative estimate of drug-likeness (QED) is 0.690. The Morgan fingerprint density at radius 1 is 1.24 bits per heavy atom. The third kappa shape index (κ3) is 2.71. The molecule has 21 heavy (non-hydrogen) atoms. The predicted octanol–water partition coefficient (Wildman–Crippen LogP) is 3.59. The van der Waals surface area contributed by atoms with Gasteiger partial charge in [0.05, 0.1) is 11.0 Å². The van der Waals surface area contributed by atoms with Crippen molar-refractivity contribution in [3.8, 4) is 11.5 Å². The predicted molar refractivity (Wildman–Crippen MR) is 78.0 cm³/mol. The maximum Gasteiger partial charge on any atom is 0.296 e. The van der Waals surface area contributed by atoms with Gasteiger partial charge in [-0.25, -0.2) is 0 Å². The van der Waals surface area contributed by atoms with E-state index in [-0.39, 0.29) is 12.5 Å². The monoisotopic (exact) mass is 306 g/mol. The molecule has 2 aromatic carbocycles. The van der Waals surface area contributed by atoms with E-state index in [1.807, 2.05) is 18.2 Å². The van der Waals surface area contributed by atoms with E-state index in [1.54, 1.807) is 12.1 Å². The smallest absolute Gasteiger partial charge is 0.296 e. The molecule has 1 aliphatic rings. The van der Waals surface area contributed by atoms with Gasteiger partial charge in [0.1, 0.15) is 5.69 Å². The van der Waals surface area contributed by atoms with Crippen molar-refractivity contribution in [2.45, 2.75) is 6.54 Å². The number of nitrogens with zero attached hydrogens (tertiary/aromatic N) is 1. The van der Waals surface area contributed by atoms with Crippen molar-refractivity contribution in [1.82, 2.24) is 0 Å². The molecule has 6 nitrogen and oxygen atoms in total. The first-order valence-corrected chi connectivity index (χ1v) is 6.58. The summed E-state index contributed by atoms with van der Waals surface area (Å²) in [4.78, 5) is 10.7. The van der Waals surface area contributed by atoms with Crippen LogP contribution in [0.2, 0.25) is 5.02 Å². The first-order valence-electron chi connectivity index (χ1n) is 6.20. The average molecular weight is 307 g/mol. The molecule has 0 saturated heterocycles. The zero-order valence-corrected chi connectivity index (χ0v) is 11.6. The van der Waals surface area contributed by atoms with Gasteiger partial charge < -0.3 is 14.8 Å². The van der Waals surface area contributed by atoms with Gasteiger partial charge >= 0.3 is 0 Å². The molecule has 108 valence electrons. The van der Waals surface area contributed by atoms with Gasteiger partial charge in [-0.05, 0) is 11.6 Å². The summed E-state index contributed by atoms with van der Waals surface area (Å²) in [6.07, 6.45) is 0. The van der Waals surface area contributed by atoms with Crippen molar-refractivity contribution in [2.75, 3.05) is 12.1 Å². The van der Waals surface area contributed by atoms with Gasteiger partial charge in [0, 0.05) is 17.6 Å². The van der Waals surface area contributed by atoms with E-state index in [4.69, 9.17) is 21.1 Å². The number of benzene rings is 2. The van der Waals surface area contributed by atoms with E-state index in [2.05, 4.69) is 5.32 Å². The van der Waals surface area contributed by atoms with Crippen LogP contribution >= 0.6 is 11.6 Å². The lowest BCUT2D eigenvalue weighted by molar-refractivity contribution is -0.384. The normalized spacial score (nSPS) is 12.2. The Morgan fingerprint density at radius 3 is 2.67 bits per heavy atom. The molecule has 0 saturated carbocycles. The van der Waals surface area contributed by atoms with Crippen LogP contribution in [-0.4, -0.2) is 11.7 Å². The molecule has 1 N–H and O–H groups in total. The van der Waals surface area contributed by atoms with Crippen LogP contribution in [0.4, 0.5) is 11.4 Å². The molecule has 7 heteroatoms. The van der Waals surface area contributed by atoms with E-state index in [9.17, 15) is 10.1 Å². The van der Waals surface area contributed by atoms with Crippen LogP contribution < -0.4 is 14.8 Å². The van der Waals surface area contributed by atoms with Crippen LogP contribution in [0, 0.1) is 10.1 Å². The second kappa shape index (κ2) is 5.49. The summed E-state index contributed by atoms with van der Waals surface area (Å²) < 4.78 is 10.4. The van der Waals surface area contributed by atoms with Gasteiger partial charge in [-0.2, -0.15) is 0 Å². The summed E-state index contributed by atoms with van der Waals surface area (Å²) in [6, 6.07) is 10.2. The van der Waals surface area contributed by atoms with Crippen molar-refractivity contribution >= 4 is 23.0 Å². The Hall–Kier alpha value is -2.47. The molecule has 3 rings (SSSR count). The maximum atomic E-state index is 11.1. The SMILES string of the molecule is O=[N+]([O-])c1cc2c(cc1NCc1ccccc1Cl)OCO2. The van der Waals surface area contributed by atoms with Crippen molar-refractivity contribution in [3.05, 3.63) is 57.1 Å². The highest BCUT2D eigenvalue weighted by atomic mass is 35.5. The minimum absolute atomic E-state index is 0.0636. The molecule has 0 spiro atoms. The number of fused-ring (bicyclic) bond motifs is 1. The van der Waals surface area contributed by atoms with Crippen molar-refractivity contribution < 1.29 is 14.4 Å². The Kier molecular flexibility index (Phi) is 3.53. The van der Waals surface area contributed by atoms with E-state index in [0.29, 0.717) is 28.8 Å². The third-order valence-electron chi connectivity index (χ3n) is 3.11. The Labute approximate surface area is 125 Å². The van der Waals surface area contributed by atoms with E-state index in [0.717, 1.165) is 5.56 Å². The summed E-state index contributed by atoms with van der Waals surface area (Å²) in [6.45, 7) is 0.445. The zero-order valence-electron chi connectivity index (χ0n) is 10.8. The molecule has 0 aliphatic carbocycles. The van der Waals surface area contributed by atoms with Crippen molar-refractivity contribution in [1.29, 1.82) is 0 Å². The number of hydrogen-bond acceptors (Lipinski definition) is 5.